The monoisotopic (exact) mass is 268 g/mol. The van der Waals surface area contributed by atoms with Crippen molar-refractivity contribution in [3.63, 3.8) is 0 Å². The highest BCUT2D eigenvalue weighted by Gasteiger charge is 2.06. The zero-order valence-electron chi connectivity index (χ0n) is 9.08. The van der Waals surface area contributed by atoms with Crippen molar-refractivity contribution in [2.24, 2.45) is 0 Å². The van der Waals surface area contributed by atoms with Gasteiger partial charge >= 0.3 is 0 Å². The Morgan fingerprint density at radius 1 is 1.24 bits per heavy atom. The van der Waals surface area contributed by atoms with E-state index in [-0.39, 0.29) is 0 Å². The normalized spacial score (nSPS) is 10.1. The van der Waals surface area contributed by atoms with Gasteiger partial charge in [0, 0.05) is 13.1 Å². The molecule has 0 bridgehead atoms. The van der Waals surface area contributed by atoms with Gasteiger partial charge in [0.25, 0.3) is 0 Å². The third kappa shape index (κ3) is 2.81. The second-order valence-electron chi connectivity index (χ2n) is 3.31. The van der Waals surface area contributed by atoms with E-state index in [4.69, 9.17) is 27.9 Å². The molecule has 0 unspecified atom stereocenters. The van der Waals surface area contributed by atoms with Gasteiger partial charge in [-0.15, -0.1) is 0 Å². The van der Waals surface area contributed by atoms with Crippen LogP contribution in [0.15, 0.2) is 36.7 Å². The Bertz CT molecular complexity index is 532. The molecule has 0 aliphatic rings. The standard InChI is InChI=1S/C12H10Cl2N2O/c1-15-8-5-9(7-16-6-8)17-11-4-2-3-10(13)12(11)14/h2-7,15H,1H3. The van der Waals surface area contributed by atoms with E-state index >= 15 is 0 Å². The largest absolute Gasteiger partial charge is 0.454 e. The van der Waals surface area contributed by atoms with E-state index in [2.05, 4.69) is 10.3 Å². The molecule has 0 aliphatic carbocycles. The molecule has 17 heavy (non-hydrogen) atoms. The molecule has 1 N–H and O–H groups in total. The van der Waals surface area contributed by atoms with Crippen molar-refractivity contribution < 1.29 is 4.74 Å². The minimum absolute atomic E-state index is 0.393. The molecular formula is C12H10Cl2N2O. The van der Waals surface area contributed by atoms with Crippen LogP contribution in [0, 0.1) is 0 Å². The lowest BCUT2D eigenvalue weighted by Crippen LogP contribution is -1.91. The summed E-state index contributed by atoms with van der Waals surface area (Å²) in [5.41, 5.74) is 0.862. The van der Waals surface area contributed by atoms with Crippen LogP contribution in [-0.4, -0.2) is 12.0 Å². The molecule has 1 heterocycles. The number of rotatable bonds is 3. The van der Waals surface area contributed by atoms with Crippen LogP contribution < -0.4 is 10.1 Å². The first-order valence-corrected chi connectivity index (χ1v) is 5.71. The first-order chi connectivity index (χ1) is 8.20. The summed E-state index contributed by atoms with van der Waals surface area (Å²) in [6.45, 7) is 0. The van der Waals surface area contributed by atoms with Gasteiger partial charge in [0.2, 0.25) is 0 Å². The number of aromatic nitrogens is 1. The molecule has 3 nitrogen and oxygen atoms in total. The Hall–Kier alpha value is -1.45. The summed E-state index contributed by atoms with van der Waals surface area (Å²) in [7, 11) is 1.81. The SMILES string of the molecule is CNc1cncc(Oc2cccc(Cl)c2Cl)c1. The summed E-state index contributed by atoms with van der Waals surface area (Å²) in [6.07, 6.45) is 3.31. The molecule has 0 saturated heterocycles. The van der Waals surface area contributed by atoms with Gasteiger partial charge in [-0.1, -0.05) is 29.3 Å². The molecule has 0 aliphatic heterocycles. The van der Waals surface area contributed by atoms with Gasteiger partial charge in [-0.3, -0.25) is 4.98 Å². The molecule has 88 valence electrons. The molecule has 2 rings (SSSR count). The first kappa shape index (κ1) is 12.0. The van der Waals surface area contributed by atoms with E-state index in [1.807, 2.05) is 13.1 Å². The molecule has 0 radical (unpaired) electrons. The summed E-state index contributed by atoms with van der Waals surface area (Å²) in [5.74, 6) is 1.11. The van der Waals surface area contributed by atoms with Gasteiger partial charge in [0.1, 0.15) is 16.5 Å². The summed E-state index contributed by atoms with van der Waals surface area (Å²) < 4.78 is 5.61. The molecular weight excluding hydrogens is 259 g/mol. The van der Waals surface area contributed by atoms with Crippen molar-refractivity contribution in [3.8, 4) is 11.5 Å². The Morgan fingerprint density at radius 2 is 2.06 bits per heavy atom. The Balaban J connectivity index is 2.28. The van der Waals surface area contributed by atoms with Crippen LogP contribution in [0.3, 0.4) is 0 Å². The number of anilines is 1. The molecule has 0 fully saturated rings. The number of halogens is 2. The fraction of sp³-hybridized carbons (Fsp3) is 0.0833. The van der Waals surface area contributed by atoms with Crippen LogP contribution in [-0.2, 0) is 0 Å². The fourth-order valence-electron chi connectivity index (χ4n) is 1.30. The van der Waals surface area contributed by atoms with E-state index in [0.29, 0.717) is 21.5 Å². The van der Waals surface area contributed by atoms with Crippen LogP contribution in [0.25, 0.3) is 0 Å². The second-order valence-corrected chi connectivity index (χ2v) is 4.10. The van der Waals surface area contributed by atoms with E-state index in [1.54, 1.807) is 30.6 Å². The second kappa shape index (κ2) is 5.25. The summed E-state index contributed by atoms with van der Waals surface area (Å²) in [6, 6.07) is 7.06. The van der Waals surface area contributed by atoms with Crippen LogP contribution in [0.1, 0.15) is 0 Å². The number of nitrogens with zero attached hydrogens (tertiary/aromatic N) is 1. The number of pyridine rings is 1. The van der Waals surface area contributed by atoms with E-state index < -0.39 is 0 Å². The van der Waals surface area contributed by atoms with Gasteiger partial charge in [-0.2, -0.15) is 0 Å². The van der Waals surface area contributed by atoms with Crippen molar-refractivity contribution in [2.45, 2.75) is 0 Å². The van der Waals surface area contributed by atoms with Crippen molar-refractivity contribution in [1.82, 2.24) is 4.98 Å². The lowest BCUT2D eigenvalue weighted by Gasteiger charge is -2.09. The molecule has 0 amide bonds. The third-order valence-corrected chi connectivity index (χ3v) is 2.95. The van der Waals surface area contributed by atoms with E-state index in [0.717, 1.165) is 5.69 Å². The summed E-state index contributed by atoms with van der Waals surface area (Å²) in [4.78, 5) is 4.04. The van der Waals surface area contributed by atoms with Crippen LogP contribution in [0.2, 0.25) is 10.0 Å². The summed E-state index contributed by atoms with van der Waals surface area (Å²) >= 11 is 11.9. The number of ether oxygens (including phenoxy) is 1. The van der Waals surface area contributed by atoms with Crippen LogP contribution in [0.5, 0.6) is 11.5 Å². The smallest absolute Gasteiger partial charge is 0.147 e. The molecule has 2 aromatic rings. The predicted octanol–water partition coefficient (Wildman–Crippen LogP) is 4.22. The fourth-order valence-corrected chi connectivity index (χ4v) is 1.63. The van der Waals surface area contributed by atoms with Gasteiger partial charge in [0.15, 0.2) is 0 Å². The first-order valence-electron chi connectivity index (χ1n) is 4.95. The lowest BCUT2D eigenvalue weighted by atomic mass is 10.3. The van der Waals surface area contributed by atoms with E-state index in [1.165, 1.54) is 0 Å². The maximum Gasteiger partial charge on any atom is 0.147 e. The number of nitrogens with one attached hydrogen (secondary N) is 1. The third-order valence-electron chi connectivity index (χ3n) is 2.15. The van der Waals surface area contributed by atoms with Gasteiger partial charge in [-0.25, -0.2) is 0 Å². The lowest BCUT2D eigenvalue weighted by molar-refractivity contribution is 0.481. The molecule has 1 aromatic heterocycles. The maximum atomic E-state index is 6.02. The van der Waals surface area contributed by atoms with Crippen LogP contribution in [0.4, 0.5) is 5.69 Å². The summed E-state index contributed by atoms with van der Waals surface area (Å²) in [5, 5.41) is 3.83. The minimum atomic E-state index is 0.393. The van der Waals surface area contributed by atoms with Crippen molar-refractivity contribution in [1.29, 1.82) is 0 Å². The Kier molecular flexibility index (Phi) is 3.71. The molecule has 0 spiro atoms. The molecule has 5 heteroatoms. The maximum absolute atomic E-state index is 6.02. The Morgan fingerprint density at radius 3 is 2.82 bits per heavy atom. The highest BCUT2D eigenvalue weighted by atomic mass is 35.5. The highest BCUT2D eigenvalue weighted by Crippen LogP contribution is 2.34. The van der Waals surface area contributed by atoms with Crippen molar-refractivity contribution in [2.75, 3.05) is 12.4 Å². The average molecular weight is 269 g/mol. The van der Waals surface area contributed by atoms with Crippen molar-refractivity contribution in [3.05, 3.63) is 46.7 Å². The minimum Gasteiger partial charge on any atom is -0.454 e. The van der Waals surface area contributed by atoms with E-state index in [9.17, 15) is 0 Å². The molecule has 0 atom stereocenters. The topological polar surface area (TPSA) is 34.2 Å². The number of hydrogen-bond donors (Lipinski definition) is 1. The number of benzene rings is 1. The molecule has 0 saturated carbocycles. The molecule has 1 aromatic carbocycles. The van der Waals surface area contributed by atoms with Gasteiger partial charge < -0.3 is 10.1 Å². The van der Waals surface area contributed by atoms with Crippen molar-refractivity contribution >= 4 is 28.9 Å². The average Bonchev–Trinajstić information content (AvgIpc) is 2.35. The Labute approximate surface area is 109 Å². The zero-order chi connectivity index (χ0) is 12.3. The number of hydrogen-bond acceptors (Lipinski definition) is 3. The van der Waals surface area contributed by atoms with Gasteiger partial charge in [0.05, 0.1) is 23.1 Å². The van der Waals surface area contributed by atoms with Gasteiger partial charge in [-0.05, 0) is 12.1 Å². The van der Waals surface area contributed by atoms with Crippen LogP contribution >= 0.6 is 23.2 Å². The quantitative estimate of drug-likeness (QED) is 0.905. The zero-order valence-corrected chi connectivity index (χ0v) is 10.6. The highest BCUT2D eigenvalue weighted by molar-refractivity contribution is 6.42. The predicted molar refractivity (Wildman–Crippen MR) is 70.3 cm³/mol.